The topological polar surface area (TPSA) is 59.3 Å². The van der Waals surface area contributed by atoms with Crippen molar-refractivity contribution in [2.45, 2.75) is 40.2 Å². The van der Waals surface area contributed by atoms with Crippen molar-refractivity contribution in [3.05, 3.63) is 33.7 Å². The quantitative estimate of drug-likeness (QED) is 0.851. The molecule has 0 aromatic carbocycles. The molecule has 1 rings (SSSR count). The summed E-state index contributed by atoms with van der Waals surface area (Å²) in [7, 11) is 0. The summed E-state index contributed by atoms with van der Waals surface area (Å²) in [5.74, 6) is -0.476. The molecule has 0 fully saturated rings. The third kappa shape index (κ3) is 4.06. The van der Waals surface area contributed by atoms with Gasteiger partial charge in [-0.2, -0.15) is 0 Å². The summed E-state index contributed by atoms with van der Waals surface area (Å²) in [6.07, 6.45) is 0.847. The van der Waals surface area contributed by atoms with Gasteiger partial charge in [0, 0.05) is 36.5 Å². The van der Waals surface area contributed by atoms with Gasteiger partial charge in [-0.05, 0) is 26.2 Å². The molecule has 0 saturated heterocycles. The number of nitrogens with zero attached hydrogens (tertiary/aromatic N) is 1. The van der Waals surface area contributed by atoms with Crippen LogP contribution in [0.5, 0.6) is 0 Å². The summed E-state index contributed by atoms with van der Waals surface area (Å²) < 4.78 is 2.06. The maximum Gasteiger partial charge on any atom is 0.303 e. The van der Waals surface area contributed by atoms with E-state index in [1.165, 1.54) is 0 Å². The van der Waals surface area contributed by atoms with E-state index in [0.29, 0.717) is 6.42 Å². The lowest BCUT2D eigenvalue weighted by Gasteiger charge is -2.18. The van der Waals surface area contributed by atoms with Crippen LogP contribution in [0.4, 0.5) is 0 Å². The minimum Gasteiger partial charge on any atom is -0.481 e. The van der Waals surface area contributed by atoms with Gasteiger partial charge >= 0.3 is 5.97 Å². The van der Waals surface area contributed by atoms with Gasteiger partial charge in [0.2, 0.25) is 0 Å². The van der Waals surface area contributed by atoms with Crippen molar-refractivity contribution in [3.63, 3.8) is 0 Å². The van der Waals surface area contributed by atoms with Crippen LogP contribution < -0.4 is 5.43 Å². The highest BCUT2D eigenvalue weighted by Gasteiger charge is 2.09. The average Bonchev–Trinajstić information content (AvgIpc) is 2.20. The fraction of sp³-hybridized carbons (Fsp3) is 0.538. The van der Waals surface area contributed by atoms with Crippen LogP contribution in [0.2, 0.25) is 0 Å². The van der Waals surface area contributed by atoms with E-state index in [0.717, 1.165) is 17.9 Å². The van der Waals surface area contributed by atoms with Crippen LogP contribution in [0, 0.1) is 19.8 Å². The van der Waals surface area contributed by atoms with E-state index in [2.05, 4.69) is 4.57 Å². The van der Waals surface area contributed by atoms with Crippen molar-refractivity contribution in [3.8, 4) is 0 Å². The largest absolute Gasteiger partial charge is 0.481 e. The van der Waals surface area contributed by atoms with E-state index >= 15 is 0 Å². The van der Waals surface area contributed by atoms with Crippen molar-refractivity contribution in [1.82, 2.24) is 4.57 Å². The van der Waals surface area contributed by atoms with Gasteiger partial charge in [0.1, 0.15) is 0 Å². The Balaban J connectivity index is 2.74. The van der Waals surface area contributed by atoms with Crippen LogP contribution in [-0.4, -0.2) is 15.6 Å². The number of hydrogen-bond donors (Lipinski definition) is 1. The summed E-state index contributed by atoms with van der Waals surface area (Å²) in [5.41, 5.74) is 1.88. The number of pyridine rings is 1. The first-order chi connectivity index (χ1) is 7.90. The fourth-order valence-corrected chi connectivity index (χ4v) is 1.95. The zero-order valence-corrected chi connectivity index (χ0v) is 10.6. The summed E-state index contributed by atoms with van der Waals surface area (Å²) in [6.45, 7) is 6.59. The molecule has 94 valence electrons. The molecule has 1 atom stereocenters. The van der Waals surface area contributed by atoms with Gasteiger partial charge in [-0.25, -0.2) is 0 Å². The lowest BCUT2D eigenvalue weighted by Crippen LogP contribution is -2.17. The highest BCUT2D eigenvalue weighted by molar-refractivity contribution is 5.66. The van der Waals surface area contributed by atoms with Crippen LogP contribution in [0.3, 0.4) is 0 Å². The Labute approximate surface area is 101 Å². The number of carbonyl (C=O) groups is 1. The molecular formula is C13H19NO3. The van der Waals surface area contributed by atoms with E-state index in [9.17, 15) is 9.59 Å². The van der Waals surface area contributed by atoms with Gasteiger partial charge in [-0.1, -0.05) is 6.92 Å². The average molecular weight is 237 g/mol. The smallest absolute Gasteiger partial charge is 0.303 e. The molecule has 0 aliphatic carbocycles. The van der Waals surface area contributed by atoms with Crippen LogP contribution in [0.1, 0.15) is 31.2 Å². The van der Waals surface area contributed by atoms with Gasteiger partial charge in [0.25, 0.3) is 0 Å². The van der Waals surface area contributed by atoms with Crippen LogP contribution in [0.25, 0.3) is 0 Å². The van der Waals surface area contributed by atoms with Gasteiger partial charge < -0.3 is 9.67 Å². The van der Waals surface area contributed by atoms with Gasteiger partial charge in [0.15, 0.2) is 5.43 Å². The van der Waals surface area contributed by atoms with E-state index in [4.69, 9.17) is 5.11 Å². The predicted molar refractivity (Wildman–Crippen MR) is 66.2 cm³/mol. The molecule has 4 heteroatoms. The molecule has 1 aromatic rings. The second kappa shape index (κ2) is 5.66. The number of carboxylic acid groups (broad SMARTS) is 1. The third-order valence-corrected chi connectivity index (χ3v) is 2.90. The molecule has 0 bridgehead atoms. The molecule has 1 aromatic heterocycles. The van der Waals surface area contributed by atoms with E-state index in [-0.39, 0.29) is 17.8 Å². The summed E-state index contributed by atoms with van der Waals surface area (Å²) in [4.78, 5) is 21.8. The molecule has 0 spiro atoms. The second-order valence-corrected chi connectivity index (χ2v) is 4.62. The maximum atomic E-state index is 11.3. The first-order valence-corrected chi connectivity index (χ1v) is 5.80. The SMILES string of the molecule is Cc1cc(=O)cc(C)n1CC(C)CCC(=O)O. The van der Waals surface area contributed by atoms with Crippen molar-refractivity contribution < 1.29 is 9.90 Å². The molecule has 1 N–H and O–H groups in total. The Morgan fingerprint density at radius 1 is 1.35 bits per heavy atom. The van der Waals surface area contributed by atoms with Gasteiger partial charge in [-0.15, -0.1) is 0 Å². The molecule has 0 saturated carbocycles. The normalized spacial score (nSPS) is 12.4. The fourth-order valence-electron chi connectivity index (χ4n) is 1.95. The van der Waals surface area contributed by atoms with Crippen molar-refractivity contribution >= 4 is 5.97 Å². The molecule has 4 nitrogen and oxygen atoms in total. The maximum absolute atomic E-state index is 11.3. The second-order valence-electron chi connectivity index (χ2n) is 4.62. The number of aryl methyl sites for hydroxylation is 2. The van der Waals surface area contributed by atoms with Crippen LogP contribution >= 0.6 is 0 Å². The Morgan fingerprint density at radius 2 is 1.88 bits per heavy atom. The Hall–Kier alpha value is -1.58. The highest BCUT2D eigenvalue weighted by atomic mass is 16.4. The Kier molecular flexibility index (Phi) is 4.49. The molecule has 1 heterocycles. The highest BCUT2D eigenvalue weighted by Crippen LogP contribution is 2.12. The molecule has 17 heavy (non-hydrogen) atoms. The third-order valence-electron chi connectivity index (χ3n) is 2.90. The summed E-state index contributed by atoms with van der Waals surface area (Å²) in [5, 5.41) is 8.63. The molecule has 1 unspecified atom stereocenters. The van der Waals surface area contributed by atoms with Crippen molar-refractivity contribution in [2.75, 3.05) is 0 Å². The van der Waals surface area contributed by atoms with E-state index in [1.54, 1.807) is 12.1 Å². The van der Waals surface area contributed by atoms with Crippen LogP contribution in [-0.2, 0) is 11.3 Å². The van der Waals surface area contributed by atoms with Gasteiger partial charge in [0.05, 0.1) is 0 Å². The number of aromatic nitrogens is 1. The molecular weight excluding hydrogens is 218 g/mol. The number of rotatable bonds is 5. The van der Waals surface area contributed by atoms with Crippen molar-refractivity contribution in [1.29, 1.82) is 0 Å². The Bertz CT molecular complexity index is 436. The number of hydrogen-bond acceptors (Lipinski definition) is 2. The van der Waals surface area contributed by atoms with Crippen molar-refractivity contribution in [2.24, 2.45) is 5.92 Å². The summed E-state index contributed by atoms with van der Waals surface area (Å²) in [6, 6.07) is 3.22. The van der Waals surface area contributed by atoms with Gasteiger partial charge in [-0.3, -0.25) is 9.59 Å². The first-order valence-electron chi connectivity index (χ1n) is 5.80. The first kappa shape index (κ1) is 13.5. The zero-order chi connectivity index (χ0) is 13.0. The van der Waals surface area contributed by atoms with E-state index < -0.39 is 5.97 Å². The lowest BCUT2D eigenvalue weighted by atomic mass is 10.1. The minimum absolute atomic E-state index is 0.0226. The number of carboxylic acids is 1. The monoisotopic (exact) mass is 237 g/mol. The predicted octanol–water partition coefficient (Wildman–Crippen LogP) is 1.97. The molecule has 0 aliphatic heterocycles. The summed E-state index contributed by atoms with van der Waals surface area (Å²) >= 11 is 0. The molecule has 0 amide bonds. The standard InChI is InChI=1S/C13H19NO3/c1-9(4-5-13(16)17)8-14-10(2)6-12(15)7-11(14)3/h6-7,9H,4-5,8H2,1-3H3,(H,16,17). The molecule has 0 radical (unpaired) electrons. The minimum atomic E-state index is -0.759. The molecule has 0 aliphatic rings. The zero-order valence-electron chi connectivity index (χ0n) is 10.6. The number of aliphatic carboxylic acids is 1. The van der Waals surface area contributed by atoms with Crippen LogP contribution in [0.15, 0.2) is 16.9 Å². The Morgan fingerprint density at radius 3 is 2.35 bits per heavy atom. The lowest BCUT2D eigenvalue weighted by molar-refractivity contribution is -0.137. The van der Waals surface area contributed by atoms with E-state index in [1.807, 2.05) is 20.8 Å².